The van der Waals surface area contributed by atoms with Crippen LogP contribution in [-0.4, -0.2) is 37.8 Å². The van der Waals surface area contributed by atoms with Gasteiger partial charge in [0.25, 0.3) is 0 Å². The third-order valence-corrected chi connectivity index (χ3v) is 5.21. The standard InChI is InChI=1S/C16H23NO3S/c1-12-6-4-7-14(13(12)2)15-8-5-10-17(15)16(18)9-11-21(3,19)20/h4,6-7,15H,5,8-11H2,1-3H3/t15-/m0/s1. The van der Waals surface area contributed by atoms with Crippen LogP contribution in [0.1, 0.15) is 42.0 Å². The van der Waals surface area contributed by atoms with E-state index in [0.717, 1.165) is 19.4 Å². The van der Waals surface area contributed by atoms with Crippen LogP contribution < -0.4 is 0 Å². The number of likely N-dealkylation sites (tertiary alicyclic amines) is 1. The van der Waals surface area contributed by atoms with Crippen molar-refractivity contribution in [3.8, 4) is 0 Å². The molecule has 0 saturated carbocycles. The van der Waals surface area contributed by atoms with E-state index in [-0.39, 0.29) is 24.1 Å². The molecule has 2 rings (SSSR count). The smallest absolute Gasteiger partial charge is 0.224 e. The fourth-order valence-corrected chi connectivity index (χ4v) is 3.49. The minimum Gasteiger partial charge on any atom is -0.336 e. The first-order valence-electron chi connectivity index (χ1n) is 7.33. The molecule has 0 N–H and O–H groups in total. The second kappa shape index (κ2) is 6.18. The van der Waals surface area contributed by atoms with E-state index in [2.05, 4.69) is 26.0 Å². The number of hydrogen-bond acceptors (Lipinski definition) is 3. The molecule has 5 heteroatoms. The first-order valence-corrected chi connectivity index (χ1v) is 9.39. The Hall–Kier alpha value is -1.36. The Morgan fingerprint density at radius 2 is 2.05 bits per heavy atom. The van der Waals surface area contributed by atoms with Crippen molar-refractivity contribution in [1.29, 1.82) is 0 Å². The lowest BCUT2D eigenvalue weighted by Gasteiger charge is -2.27. The maximum atomic E-state index is 12.3. The molecule has 1 aromatic carbocycles. The maximum Gasteiger partial charge on any atom is 0.224 e. The second-order valence-corrected chi connectivity index (χ2v) is 8.17. The summed E-state index contributed by atoms with van der Waals surface area (Å²) in [6.45, 7) is 4.88. The van der Waals surface area contributed by atoms with Gasteiger partial charge in [-0.25, -0.2) is 8.42 Å². The topological polar surface area (TPSA) is 54.5 Å². The average molecular weight is 309 g/mol. The van der Waals surface area contributed by atoms with Gasteiger partial charge in [0.2, 0.25) is 5.91 Å². The summed E-state index contributed by atoms with van der Waals surface area (Å²) < 4.78 is 22.5. The summed E-state index contributed by atoms with van der Waals surface area (Å²) in [7, 11) is -3.09. The zero-order valence-electron chi connectivity index (χ0n) is 12.9. The molecule has 4 nitrogen and oxygen atoms in total. The first kappa shape index (κ1) is 16.0. The highest BCUT2D eigenvalue weighted by Crippen LogP contribution is 2.34. The van der Waals surface area contributed by atoms with Crippen molar-refractivity contribution in [2.75, 3.05) is 18.6 Å². The number of amides is 1. The Labute approximate surface area is 127 Å². The summed E-state index contributed by atoms with van der Waals surface area (Å²) in [5, 5.41) is 0. The molecule has 0 aliphatic carbocycles. The molecule has 0 bridgehead atoms. The molecule has 0 radical (unpaired) electrons. The molecule has 1 heterocycles. The van der Waals surface area contributed by atoms with Crippen molar-refractivity contribution >= 4 is 15.7 Å². The molecule has 116 valence electrons. The molecule has 1 saturated heterocycles. The lowest BCUT2D eigenvalue weighted by molar-refractivity contribution is -0.131. The van der Waals surface area contributed by atoms with Crippen LogP contribution in [0.5, 0.6) is 0 Å². The number of rotatable bonds is 4. The van der Waals surface area contributed by atoms with E-state index in [0.29, 0.717) is 0 Å². The van der Waals surface area contributed by atoms with Gasteiger partial charge < -0.3 is 4.90 Å². The van der Waals surface area contributed by atoms with E-state index in [1.54, 1.807) is 0 Å². The molecule has 0 unspecified atom stereocenters. The number of carbonyl (C=O) groups excluding carboxylic acids is 1. The minimum absolute atomic E-state index is 0.0520. The van der Waals surface area contributed by atoms with Crippen LogP contribution in [0.3, 0.4) is 0 Å². The Bertz CT molecular complexity index is 637. The second-order valence-electron chi connectivity index (χ2n) is 5.91. The van der Waals surface area contributed by atoms with Crippen LogP contribution >= 0.6 is 0 Å². The summed E-state index contributed by atoms with van der Waals surface area (Å²) >= 11 is 0. The summed E-state index contributed by atoms with van der Waals surface area (Å²) in [6.07, 6.45) is 3.18. The van der Waals surface area contributed by atoms with Gasteiger partial charge in [0.1, 0.15) is 9.84 Å². The van der Waals surface area contributed by atoms with Crippen LogP contribution in [-0.2, 0) is 14.6 Å². The van der Waals surface area contributed by atoms with Crippen LogP contribution in [0.15, 0.2) is 18.2 Å². The number of carbonyl (C=O) groups is 1. The predicted octanol–water partition coefficient (Wildman–Crippen LogP) is 2.40. The van der Waals surface area contributed by atoms with Crippen molar-refractivity contribution in [2.45, 2.75) is 39.2 Å². The quantitative estimate of drug-likeness (QED) is 0.858. The lowest BCUT2D eigenvalue weighted by atomic mass is 9.96. The first-order chi connectivity index (χ1) is 9.79. The fraction of sp³-hybridized carbons (Fsp3) is 0.562. The molecule has 1 aliphatic rings. The molecule has 1 amide bonds. The van der Waals surface area contributed by atoms with Gasteiger partial charge in [0.05, 0.1) is 11.8 Å². The lowest BCUT2D eigenvalue weighted by Crippen LogP contribution is -2.32. The largest absolute Gasteiger partial charge is 0.336 e. The average Bonchev–Trinajstić information content (AvgIpc) is 2.87. The van der Waals surface area contributed by atoms with Crippen LogP contribution in [0, 0.1) is 13.8 Å². The van der Waals surface area contributed by atoms with Crippen LogP contribution in [0.4, 0.5) is 0 Å². The van der Waals surface area contributed by atoms with Crippen molar-refractivity contribution in [2.24, 2.45) is 0 Å². The predicted molar refractivity (Wildman–Crippen MR) is 83.9 cm³/mol. The number of aryl methyl sites for hydroxylation is 1. The van der Waals surface area contributed by atoms with Gasteiger partial charge in [-0.3, -0.25) is 4.79 Å². The van der Waals surface area contributed by atoms with E-state index >= 15 is 0 Å². The van der Waals surface area contributed by atoms with E-state index < -0.39 is 9.84 Å². The number of nitrogens with zero attached hydrogens (tertiary/aromatic N) is 1. The van der Waals surface area contributed by atoms with Crippen molar-refractivity contribution in [3.05, 3.63) is 34.9 Å². The van der Waals surface area contributed by atoms with Gasteiger partial charge >= 0.3 is 0 Å². The Kier molecular flexibility index (Phi) is 4.71. The van der Waals surface area contributed by atoms with Crippen molar-refractivity contribution in [1.82, 2.24) is 4.90 Å². The fourth-order valence-electron chi connectivity index (χ4n) is 2.94. The monoisotopic (exact) mass is 309 g/mol. The SMILES string of the molecule is Cc1cccc([C@@H]2CCCN2C(=O)CCS(C)(=O)=O)c1C. The summed E-state index contributed by atoms with van der Waals surface area (Å²) in [4.78, 5) is 14.2. The highest BCUT2D eigenvalue weighted by molar-refractivity contribution is 7.90. The molecule has 21 heavy (non-hydrogen) atoms. The van der Waals surface area contributed by atoms with E-state index in [1.807, 2.05) is 11.0 Å². The third-order valence-electron chi connectivity index (χ3n) is 4.27. The van der Waals surface area contributed by atoms with Gasteiger partial charge in [-0.2, -0.15) is 0 Å². The minimum atomic E-state index is -3.09. The summed E-state index contributed by atoms with van der Waals surface area (Å²) in [5.41, 5.74) is 3.65. The van der Waals surface area contributed by atoms with Gasteiger partial charge in [0, 0.05) is 19.2 Å². The zero-order valence-corrected chi connectivity index (χ0v) is 13.7. The number of benzene rings is 1. The molecule has 1 fully saturated rings. The van der Waals surface area contributed by atoms with Crippen molar-refractivity contribution < 1.29 is 13.2 Å². The third kappa shape index (κ3) is 3.84. The molecular formula is C16H23NO3S. The Morgan fingerprint density at radius 3 is 2.71 bits per heavy atom. The van der Waals surface area contributed by atoms with Gasteiger partial charge in [0.15, 0.2) is 0 Å². The zero-order chi connectivity index (χ0) is 15.6. The van der Waals surface area contributed by atoms with Crippen LogP contribution in [0.25, 0.3) is 0 Å². The Balaban J connectivity index is 2.17. The highest BCUT2D eigenvalue weighted by atomic mass is 32.2. The van der Waals surface area contributed by atoms with E-state index in [1.165, 1.54) is 22.9 Å². The molecular weight excluding hydrogens is 286 g/mol. The van der Waals surface area contributed by atoms with Gasteiger partial charge in [-0.1, -0.05) is 18.2 Å². The summed E-state index contributed by atoms with van der Waals surface area (Å²) in [5.74, 6) is -0.120. The van der Waals surface area contributed by atoms with Gasteiger partial charge in [-0.05, 0) is 43.4 Å². The Morgan fingerprint density at radius 1 is 1.33 bits per heavy atom. The molecule has 1 aliphatic heterocycles. The number of sulfone groups is 1. The van der Waals surface area contributed by atoms with E-state index in [9.17, 15) is 13.2 Å². The normalized spacial score (nSPS) is 19.0. The number of hydrogen-bond donors (Lipinski definition) is 0. The van der Waals surface area contributed by atoms with E-state index in [4.69, 9.17) is 0 Å². The highest BCUT2D eigenvalue weighted by Gasteiger charge is 2.31. The molecule has 0 spiro atoms. The van der Waals surface area contributed by atoms with Crippen LogP contribution in [0.2, 0.25) is 0 Å². The van der Waals surface area contributed by atoms with Gasteiger partial charge in [-0.15, -0.1) is 0 Å². The molecule has 0 aromatic heterocycles. The van der Waals surface area contributed by atoms with Crippen molar-refractivity contribution in [3.63, 3.8) is 0 Å². The molecule has 1 aromatic rings. The summed E-state index contributed by atoms with van der Waals surface area (Å²) in [6, 6.07) is 6.27. The molecule has 1 atom stereocenters. The maximum absolute atomic E-state index is 12.3.